The molecule has 138 valence electrons. The lowest BCUT2D eigenvalue weighted by Gasteiger charge is -2.05. The molecule has 8 nitrogen and oxygen atoms in total. The molecular weight excluding hydrogens is 370 g/mol. The third-order valence-corrected chi connectivity index (χ3v) is 4.10. The van der Waals surface area contributed by atoms with Gasteiger partial charge in [-0.3, -0.25) is 14.9 Å². The van der Waals surface area contributed by atoms with Crippen molar-refractivity contribution in [3.63, 3.8) is 0 Å². The number of ether oxygens (including phenoxy) is 1. The van der Waals surface area contributed by atoms with Crippen molar-refractivity contribution in [3.8, 4) is 11.3 Å². The van der Waals surface area contributed by atoms with E-state index < -0.39 is 17.8 Å². The number of amides is 2. The maximum absolute atomic E-state index is 11.9. The van der Waals surface area contributed by atoms with Gasteiger partial charge in [0.2, 0.25) is 5.76 Å². The predicted octanol–water partition coefficient (Wildman–Crippen LogP) is 2.31. The number of carbonyl (C=O) groups is 3. The molecule has 0 saturated heterocycles. The molecule has 27 heavy (non-hydrogen) atoms. The molecule has 2 heterocycles. The Kier molecular flexibility index (Phi) is 5.95. The van der Waals surface area contributed by atoms with Crippen LogP contribution in [0.1, 0.15) is 10.6 Å². The zero-order chi connectivity index (χ0) is 19.1. The van der Waals surface area contributed by atoms with Crippen LogP contribution in [-0.2, 0) is 14.3 Å². The van der Waals surface area contributed by atoms with Gasteiger partial charge in [0.15, 0.2) is 5.13 Å². The van der Waals surface area contributed by atoms with Gasteiger partial charge in [-0.1, -0.05) is 30.3 Å². The minimum absolute atomic E-state index is 0.00810. The molecule has 3 aromatic rings. The molecule has 0 bridgehead atoms. The maximum Gasteiger partial charge on any atom is 0.374 e. The van der Waals surface area contributed by atoms with E-state index in [9.17, 15) is 14.4 Å². The Morgan fingerprint density at radius 1 is 1.07 bits per heavy atom. The lowest BCUT2D eigenvalue weighted by Crippen LogP contribution is -2.37. The first-order chi connectivity index (χ1) is 13.1. The predicted molar refractivity (Wildman–Crippen MR) is 98.2 cm³/mol. The van der Waals surface area contributed by atoms with E-state index in [-0.39, 0.29) is 18.9 Å². The molecule has 9 heteroatoms. The van der Waals surface area contributed by atoms with Crippen LogP contribution in [0, 0.1) is 0 Å². The van der Waals surface area contributed by atoms with Crippen molar-refractivity contribution >= 4 is 34.3 Å². The summed E-state index contributed by atoms with van der Waals surface area (Å²) in [5.41, 5.74) is 1.62. The summed E-state index contributed by atoms with van der Waals surface area (Å²) in [6, 6.07) is 12.5. The Balaban J connectivity index is 1.42. The van der Waals surface area contributed by atoms with Gasteiger partial charge in [-0.05, 0) is 12.1 Å². The van der Waals surface area contributed by atoms with Crippen LogP contribution in [0.5, 0.6) is 0 Å². The molecule has 0 atom stereocenters. The van der Waals surface area contributed by atoms with Gasteiger partial charge >= 0.3 is 17.8 Å². The second-order valence-corrected chi connectivity index (χ2v) is 6.09. The molecule has 2 aromatic heterocycles. The standard InChI is InChI=1S/C18H15N3O5S/c22-15(19-8-10-26-17(24)14-7-4-9-25-14)16(23)21-18-20-13(11-27-18)12-5-2-1-3-6-12/h1-7,9,11H,8,10H2,(H,19,22)(H,20,21,23). The van der Waals surface area contributed by atoms with E-state index in [0.29, 0.717) is 10.8 Å². The number of aromatic nitrogens is 1. The molecule has 0 fully saturated rings. The Labute approximate surface area is 158 Å². The average Bonchev–Trinajstić information content (AvgIpc) is 3.37. The summed E-state index contributed by atoms with van der Waals surface area (Å²) in [7, 11) is 0. The highest BCUT2D eigenvalue weighted by atomic mass is 32.1. The van der Waals surface area contributed by atoms with Crippen LogP contribution in [-0.4, -0.2) is 35.9 Å². The molecule has 0 spiro atoms. The lowest BCUT2D eigenvalue weighted by molar-refractivity contribution is -0.136. The highest BCUT2D eigenvalue weighted by molar-refractivity contribution is 7.14. The fraction of sp³-hybridized carbons (Fsp3) is 0.111. The third-order valence-electron chi connectivity index (χ3n) is 3.34. The second-order valence-electron chi connectivity index (χ2n) is 5.23. The fourth-order valence-corrected chi connectivity index (χ4v) is 2.80. The number of furan rings is 1. The van der Waals surface area contributed by atoms with Crippen molar-refractivity contribution in [2.45, 2.75) is 0 Å². The van der Waals surface area contributed by atoms with E-state index >= 15 is 0 Å². The number of thiazole rings is 1. The van der Waals surface area contributed by atoms with Crippen LogP contribution in [0.4, 0.5) is 5.13 Å². The van der Waals surface area contributed by atoms with Crippen LogP contribution in [0.2, 0.25) is 0 Å². The van der Waals surface area contributed by atoms with E-state index in [0.717, 1.165) is 5.56 Å². The van der Waals surface area contributed by atoms with Crippen molar-refractivity contribution in [1.82, 2.24) is 10.3 Å². The largest absolute Gasteiger partial charge is 0.458 e. The molecule has 0 aliphatic rings. The van der Waals surface area contributed by atoms with Crippen LogP contribution in [0.3, 0.4) is 0 Å². The quantitative estimate of drug-likeness (QED) is 0.383. The second kappa shape index (κ2) is 8.77. The topological polar surface area (TPSA) is 111 Å². The van der Waals surface area contributed by atoms with Crippen LogP contribution in [0.25, 0.3) is 11.3 Å². The number of hydrogen-bond acceptors (Lipinski definition) is 7. The highest BCUT2D eigenvalue weighted by Gasteiger charge is 2.16. The lowest BCUT2D eigenvalue weighted by atomic mass is 10.2. The minimum Gasteiger partial charge on any atom is -0.458 e. The van der Waals surface area contributed by atoms with Crippen molar-refractivity contribution < 1.29 is 23.5 Å². The number of nitrogens with zero attached hydrogens (tertiary/aromatic N) is 1. The maximum atomic E-state index is 11.9. The Hall–Kier alpha value is -3.46. The first-order valence-electron chi connectivity index (χ1n) is 7.94. The van der Waals surface area contributed by atoms with E-state index in [1.54, 1.807) is 11.4 Å². The number of benzene rings is 1. The number of hydrogen-bond donors (Lipinski definition) is 2. The Morgan fingerprint density at radius 3 is 2.63 bits per heavy atom. The number of anilines is 1. The van der Waals surface area contributed by atoms with Gasteiger partial charge < -0.3 is 14.5 Å². The monoisotopic (exact) mass is 385 g/mol. The zero-order valence-corrected chi connectivity index (χ0v) is 14.8. The van der Waals surface area contributed by atoms with E-state index in [1.807, 2.05) is 30.3 Å². The molecule has 3 rings (SSSR count). The molecule has 1 aromatic carbocycles. The molecule has 0 unspecified atom stereocenters. The molecule has 2 N–H and O–H groups in total. The molecule has 0 radical (unpaired) electrons. The number of carbonyl (C=O) groups excluding carboxylic acids is 3. The molecular formula is C18H15N3O5S. The zero-order valence-electron chi connectivity index (χ0n) is 14.0. The van der Waals surface area contributed by atoms with Crippen LogP contribution >= 0.6 is 11.3 Å². The third kappa shape index (κ3) is 5.02. The van der Waals surface area contributed by atoms with E-state index in [4.69, 9.17) is 9.15 Å². The van der Waals surface area contributed by atoms with Crippen molar-refractivity contribution in [2.75, 3.05) is 18.5 Å². The summed E-state index contributed by atoms with van der Waals surface area (Å²) in [6.07, 6.45) is 1.35. The minimum atomic E-state index is -0.847. The van der Waals surface area contributed by atoms with Crippen molar-refractivity contribution in [2.24, 2.45) is 0 Å². The summed E-state index contributed by atoms with van der Waals surface area (Å²) >= 11 is 1.22. The summed E-state index contributed by atoms with van der Waals surface area (Å²) < 4.78 is 9.78. The Bertz CT molecular complexity index is 922. The van der Waals surface area contributed by atoms with Crippen molar-refractivity contribution in [3.05, 3.63) is 59.9 Å². The van der Waals surface area contributed by atoms with Gasteiger partial charge in [-0.25, -0.2) is 9.78 Å². The number of esters is 1. The van der Waals surface area contributed by atoms with Crippen LogP contribution in [0.15, 0.2) is 58.5 Å². The summed E-state index contributed by atoms with van der Waals surface area (Å²) in [5.74, 6) is -2.27. The van der Waals surface area contributed by atoms with Crippen molar-refractivity contribution in [1.29, 1.82) is 0 Å². The fourth-order valence-electron chi connectivity index (χ4n) is 2.08. The summed E-state index contributed by atoms with van der Waals surface area (Å²) in [4.78, 5) is 39.5. The SMILES string of the molecule is O=C(NCCOC(=O)c1ccco1)C(=O)Nc1nc(-c2ccccc2)cs1. The first-order valence-corrected chi connectivity index (χ1v) is 8.82. The van der Waals surface area contributed by atoms with E-state index in [2.05, 4.69) is 15.6 Å². The van der Waals surface area contributed by atoms with Gasteiger partial charge in [0, 0.05) is 10.9 Å². The summed E-state index contributed by atoms with van der Waals surface area (Å²) in [6.45, 7) is -0.0974. The van der Waals surface area contributed by atoms with Crippen LogP contribution < -0.4 is 10.6 Å². The first kappa shape index (κ1) is 18.3. The summed E-state index contributed by atoms with van der Waals surface area (Å²) in [5, 5.41) is 6.90. The number of rotatable bonds is 6. The van der Waals surface area contributed by atoms with Gasteiger partial charge in [0.05, 0.1) is 18.5 Å². The molecule has 0 aliphatic carbocycles. The normalized spacial score (nSPS) is 10.2. The number of nitrogens with one attached hydrogen (secondary N) is 2. The van der Waals surface area contributed by atoms with Gasteiger partial charge in [0.1, 0.15) is 6.61 Å². The van der Waals surface area contributed by atoms with Gasteiger partial charge in [-0.15, -0.1) is 11.3 Å². The average molecular weight is 385 g/mol. The van der Waals surface area contributed by atoms with E-state index in [1.165, 1.54) is 23.7 Å². The Morgan fingerprint density at radius 2 is 1.89 bits per heavy atom. The van der Waals surface area contributed by atoms with Gasteiger partial charge in [-0.2, -0.15) is 0 Å². The highest BCUT2D eigenvalue weighted by Crippen LogP contribution is 2.24. The molecule has 0 aliphatic heterocycles. The molecule has 0 saturated carbocycles. The smallest absolute Gasteiger partial charge is 0.374 e. The van der Waals surface area contributed by atoms with Gasteiger partial charge in [0.25, 0.3) is 0 Å². The molecule has 2 amide bonds.